The predicted octanol–water partition coefficient (Wildman–Crippen LogP) is 1.85. The maximum absolute atomic E-state index is 12.7. The second-order valence-electron chi connectivity index (χ2n) is 3.23. The van der Waals surface area contributed by atoms with Crippen LogP contribution in [-0.4, -0.2) is 29.1 Å². The Morgan fingerprint density at radius 3 is 2.33 bits per heavy atom. The first-order valence-electron chi connectivity index (χ1n) is 5.12. The number of methoxy groups -OCH3 is 1. The van der Waals surface area contributed by atoms with E-state index in [0.717, 1.165) is 0 Å². The first-order chi connectivity index (χ1) is 8.71. The van der Waals surface area contributed by atoms with Gasteiger partial charge >= 0.3 is 12.0 Å². The molecule has 94 valence electrons. The van der Waals surface area contributed by atoms with Crippen molar-refractivity contribution in [2.75, 3.05) is 19.5 Å². The van der Waals surface area contributed by atoms with Crippen LogP contribution in [0.5, 0.6) is 17.8 Å². The molecule has 0 aliphatic rings. The Bertz CT molecular complexity index is 511. The van der Waals surface area contributed by atoms with Crippen molar-refractivity contribution < 1.29 is 13.9 Å². The van der Waals surface area contributed by atoms with E-state index in [1.807, 2.05) is 0 Å². The van der Waals surface area contributed by atoms with E-state index in [4.69, 9.17) is 9.47 Å². The van der Waals surface area contributed by atoms with Crippen LogP contribution < -0.4 is 14.8 Å². The van der Waals surface area contributed by atoms with Crippen LogP contribution in [0.4, 0.5) is 10.3 Å². The van der Waals surface area contributed by atoms with Crippen molar-refractivity contribution >= 4 is 5.95 Å². The first-order valence-corrected chi connectivity index (χ1v) is 5.12. The average molecular weight is 250 g/mol. The summed E-state index contributed by atoms with van der Waals surface area (Å²) in [6.45, 7) is 0. The molecule has 0 spiro atoms. The molecule has 0 saturated carbocycles. The zero-order valence-electron chi connectivity index (χ0n) is 9.85. The number of nitrogens with one attached hydrogen (secondary N) is 1. The molecule has 0 amide bonds. The molecule has 1 aromatic heterocycles. The molecule has 1 heterocycles. The fraction of sp³-hybridized carbons (Fsp3) is 0.182. The smallest absolute Gasteiger partial charge is 0.330 e. The normalized spacial score (nSPS) is 9.94. The van der Waals surface area contributed by atoms with E-state index in [2.05, 4.69) is 20.3 Å². The van der Waals surface area contributed by atoms with Crippen LogP contribution in [0.15, 0.2) is 24.3 Å². The largest absolute Gasteiger partial charge is 0.467 e. The van der Waals surface area contributed by atoms with Crippen molar-refractivity contribution in [2.24, 2.45) is 0 Å². The molecule has 1 aromatic carbocycles. The lowest BCUT2D eigenvalue weighted by molar-refractivity contribution is 0.360. The number of hydrogen-bond donors (Lipinski definition) is 1. The van der Waals surface area contributed by atoms with Gasteiger partial charge in [-0.1, -0.05) is 0 Å². The Morgan fingerprint density at radius 1 is 1.06 bits per heavy atom. The second-order valence-corrected chi connectivity index (χ2v) is 3.23. The molecule has 0 fully saturated rings. The van der Waals surface area contributed by atoms with E-state index in [9.17, 15) is 4.39 Å². The van der Waals surface area contributed by atoms with E-state index in [1.54, 1.807) is 7.05 Å². The number of aromatic nitrogens is 3. The Labute approximate surface area is 103 Å². The fourth-order valence-electron chi connectivity index (χ4n) is 1.19. The highest BCUT2D eigenvalue weighted by molar-refractivity contribution is 5.29. The van der Waals surface area contributed by atoms with Crippen LogP contribution >= 0.6 is 0 Å². The molecule has 1 N–H and O–H groups in total. The Balaban J connectivity index is 2.25. The van der Waals surface area contributed by atoms with Crippen molar-refractivity contribution in [1.29, 1.82) is 0 Å². The van der Waals surface area contributed by atoms with Gasteiger partial charge in [-0.3, -0.25) is 0 Å². The lowest BCUT2D eigenvalue weighted by atomic mass is 10.3. The number of anilines is 1. The maximum atomic E-state index is 12.7. The SMILES string of the molecule is CNc1nc(OC)nc(Oc2ccc(F)cc2)n1. The van der Waals surface area contributed by atoms with Crippen molar-refractivity contribution in [1.82, 2.24) is 15.0 Å². The van der Waals surface area contributed by atoms with Crippen molar-refractivity contribution in [2.45, 2.75) is 0 Å². The molecule has 2 rings (SSSR count). The van der Waals surface area contributed by atoms with Gasteiger partial charge in [0.1, 0.15) is 11.6 Å². The van der Waals surface area contributed by atoms with E-state index in [1.165, 1.54) is 31.4 Å². The fourth-order valence-corrected chi connectivity index (χ4v) is 1.19. The Hall–Kier alpha value is -2.44. The van der Waals surface area contributed by atoms with Gasteiger partial charge in [-0.2, -0.15) is 9.97 Å². The van der Waals surface area contributed by atoms with Gasteiger partial charge in [0, 0.05) is 7.05 Å². The average Bonchev–Trinajstić information content (AvgIpc) is 2.41. The van der Waals surface area contributed by atoms with E-state index >= 15 is 0 Å². The van der Waals surface area contributed by atoms with E-state index in [0.29, 0.717) is 11.7 Å². The van der Waals surface area contributed by atoms with Crippen LogP contribution in [0.1, 0.15) is 0 Å². The number of ether oxygens (including phenoxy) is 2. The summed E-state index contributed by atoms with van der Waals surface area (Å²) in [5.41, 5.74) is 0. The maximum Gasteiger partial charge on any atom is 0.330 e. The zero-order valence-corrected chi connectivity index (χ0v) is 9.85. The van der Waals surface area contributed by atoms with Gasteiger partial charge in [0.15, 0.2) is 0 Å². The van der Waals surface area contributed by atoms with Crippen molar-refractivity contribution in [3.05, 3.63) is 30.1 Å². The standard InChI is InChI=1S/C11H11FN4O2/c1-13-9-14-10(17-2)16-11(15-9)18-8-5-3-7(12)4-6-8/h3-6H,1-2H3,(H,13,14,15,16). The first kappa shape index (κ1) is 12.0. The van der Waals surface area contributed by atoms with Crippen LogP contribution in [0, 0.1) is 5.82 Å². The molecule has 0 unspecified atom stereocenters. The molecule has 18 heavy (non-hydrogen) atoms. The Morgan fingerprint density at radius 2 is 1.72 bits per heavy atom. The number of hydrogen-bond acceptors (Lipinski definition) is 6. The highest BCUT2D eigenvalue weighted by Gasteiger charge is 2.07. The molecule has 7 heteroatoms. The minimum Gasteiger partial charge on any atom is -0.467 e. The van der Waals surface area contributed by atoms with Crippen LogP contribution in [0.2, 0.25) is 0 Å². The summed E-state index contributed by atoms with van der Waals surface area (Å²) in [7, 11) is 3.10. The molecule has 0 saturated heterocycles. The van der Waals surface area contributed by atoms with E-state index < -0.39 is 0 Å². The zero-order chi connectivity index (χ0) is 13.0. The summed E-state index contributed by atoms with van der Waals surface area (Å²) in [6, 6.07) is 5.72. The van der Waals surface area contributed by atoms with Gasteiger partial charge in [0.2, 0.25) is 5.95 Å². The van der Waals surface area contributed by atoms with Crippen LogP contribution in [0.3, 0.4) is 0 Å². The highest BCUT2D eigenvalue weighted by Crippen LogP contribution is 2.20. The summed E-state index contributed by atoms with van der Waals surface area (Å²) in [5, 5.41) is 2.75. The lowest BCUT2D eigenvalue weighted by Crippen LogP contribution is -2.03. The van der Waals surface area contributed by atoms with Crippen LogP contribution in [0.25, 0.3) is 0 Å². The number of rotatable bonds is 4. The minimum atomic E-state index is -0.341. The van der Waals surface area contributed by atoms with Gasteiger partial charge in [-0.05, 0) is 24.3 Å². The summed E-state index contributed by atoms with van der Waals surface area (Å²) >= 11 is 0. The van der Waals surface area contributed by atoms with Crippen molar-refractivity contribution in [3.8, 4) is 17.8 Å². The molecule has 0 aliphatic carbocycles. The van der Waals surface area contributed by atoms with Crippen molar-refractivity contribution in [3.63, 3.8) is 0 Å². The second kappa shape index (κ2) is 5.26. The molecule has 6 nitrogen and oxygen atoms in total. The lowest BCUT2D eigenvalue weighted by Gasteiger charge is -2.06. The van der Waals surface area contributed by atoms with Gasteiger partial charge < -0.3 is 14.8 Å². The molecule has 0 radical (unpaired) electrons. The third kappa shape index (κ3) is 2.82. The molecule has 0 atom stereocenters. The number of nitrogens with zero attached hydrogens (tertiary/aromatic N) is 3. The molecular formula is C11H11FN4O2. The minimum absolute atomic E-state index is 0.0674. The summed E-state index contributed by atoms with van der Waals surface area (Å²) < 4.78 is 23.0. The van der Waals surface area contributed by atoms with Gasteiger partial charge in [-0.25, -0.2) is 4.39 Å². The quantitative estimate of drug-likeness (QED) is 0.893. The van der Waals surface area contributed by atoms with Gasteiger partial charge in [0.05, 0.1) is 7.11 Å². The number of benzene rings is 1. The highest BCUT2D eigenvalue weighted by atomic mass is 19.1. The van der Waals surface area contributed by atoms with Gasteiger partial charge in [-0.15, -0.1) is 4.98 Å². The predicted molar refractivity (Wildman–Crippen MR) is 62.4 cm³/mol. The molecule has 0 aliphatic heterocycles. The third-order valence-electron chi connectivity index (χ3n) is 2.02. The molecular weight excluding hydrogens is 239 g/mol. The summed E-state index contributed by atoms with van der Waals surface area (Å²) in [5.74, 6) is 0.400. The Kier molecular flexibility index (Phi) is 3.52. The summed E-state index contributed by atoms with van der Waals surface area (Å²) in [4.78, 5) is 11.8. The van der Waals surface area contributed by atoms with E-state index in [-0.39, 0.29) is 17.8 Å². The summed E-state index contributed by atoms with van der Waals surface area (Å²) in [6.07, 6.45) is 0. The van der Waals surface area contributed by atoms with Crippen LogP contribution in [-0.2, 0) is 0 Å². The van der Waals surface area contributed by atoms with Gasteiger partial charge in [0.25, 0.3) is 0 Å². The molecule has 0 bridgehead atoms. The molecule has 2 aromatic rings. The third-order valence-corrected chi connectivity index (χ3v) is 2.02. The number of halogens is 1. The monoisotopic (exact) mass is 250 g/mol. The topological polar surface area (TPSA) is 69.2 Å².